The highest BCUT2D eigenvalue weighted by Crippen LogP contribution is 2.34. The lowest BCUT2D eigenvalue weighted by Crippen LogP contribution is -2.36. The molecule has 41 heavy (non-hydrogen) atoms. The van der Waals surface area contributed by atoms with E-state index >= 15 is 0 Å². The number of ether oxygens (including phenoxy) is 1. The summed E-state index contributed by atoms with van der Waals surface area (Å²) in [7, 11) is 0. The van der Waals surface area contributed by atoms with E-state index in [0.717, 1.165) is 27.6 Å². The van der Waals surface area contributed by atoms with Gasteiger partial charge in [-0.2, -0.15) is 0 Å². The smallest absolute Gasteiger partial charge is 0.294 e. The molecule has 11 heteroatoms. The minimum absolute atomic E-state index is 0.0319. The van der Waals surface area contributed by atoms with E-state index in [1.54, 1.807) is 65.4 Å². The zero-order valence-electron chi connectivity index (χ0n) is 21.9. The van der Waals surface area contributed by atoms with Crippen molar-refractivity contribution in [2.24, 2.45) is 0 Å². The first-order chi connectivity index (χ1) is 19.8. The maximum absolute atomic E-state index is 13.1. The number of benzene rings is 3. The standard InChI is InChI=1S/C30H25ClN4O5S/c1-2-40-23-13-11-22(12-14-23)33-28(37)18-35-29(38)26(41-30(35)39)15-19-16-34(25-6-4-3-5-24(19)25)17-27(36)32-21-9-7-20(31)8-10-21/h3-16H,2,17-18H2,1H3,(H,32,36)(H,33,37)/b26-15+. The number of fused-ring (bicyclic) bond motifs is 1. The number of anilines is 2. The molecule has 1 saturated heterocycles. The zero-order valence-corrected chi connectivity index (χ0v) is 23.5. The van der Waals surface area contributed by atoms with Gasteiger partial charge in [0, 0.05) is 39.1 Å². The van der Waals surface area contributed by atoms with Crippen LogP contribution in [-0.2, 0) is 20.9 Å². The summed E-state index contributed by atoms with van der Waals surface area (Å²) in [6.45, 7) is 2.02. The lowest BCUT2D eigenvalue weighted by Gasteiger charge is -2.12. The molecule has 2 heterocycles. The Bertz CT molecular complexity index is 1660. The highest BCUT2D eigenvalue weighted by molar-refractivity contribution is 8.18. The van der Waals surface area contributed by atoms with Crippen molar-refractivity contribution in [1.82, 2.24) is 9.47 Å². The third-order valence-electron chi connectivity index (χ3n) is 6.17. The normalized spacial score (nSPS) is 14.1. The molecule has 0 unspecified atom stereocenters. The molecule has 0 spiro atoms. The van der Waals surface area contributed by atoms with Crippen LogP contribution in [-0.4, -0.2) is 45.6 Å². The number of nitrogens with zero attached hydrogens (tertiary/aromatic N) is 2. The molecule has 3 aromatic carbocycles. The molecule has 1 aromatic heterocycles. The number of carbonyl (C=O) groups excluding carboxylic acids is 4. The summed E-state index contributed by atoms with van der Waals surface area (Å²) < 4.78 is 7.17. The SMILES string of the molecule is CCOc1ccc(NC(=O)CN2C(=O)S/C(=C/c3cn(CC(=O)Nc4ccc(Cl)cc4)c4ccccc34)C2=O)cc1. The minimum atomic E-state index is -0.556. The van der Waals surface area contributed by atoms with E-state index in [4.69, 9.17) is 16.3 Å². The first kappa shape index (κ1) is 28.0. The van der Waals surface area contributed by atoms with Gasteiger partial charge in [-0.15, -0.1) is 0 Å². The number of hydrogen-bond acceptors (Lipinski definition) is 6. The summed E-state index contributed by atoms with van der Waals surface area (Å²) in [5.74, 6) is -0.622. The largest absolute Gasteiger partial charge is 0.494 e. The Labute approximate surface area is 245 Å². The highest BCUT2D eigenvalue weighted by Gasteiger charge is 2.36. The maximum Gasteiger partial charge on any atom is 0.294 e. The van der Waals surface area contributed by atoms with Crippen LogP contribution in [0.25, 0.3) is 17.0 Å². The van der Waals surface area contributed by atoms with Crippen LogP contribution in [0.5, 0.6) is 5.75 Å². The third-order valence-corrected chi connectivity index (χ3v) is 7.33. The number of nitrogens with one attached hydrogen (secondary N) is 2. The number of aromatic nitrogens is 1. The number of halogens is 1. The second kappa shape index (κ2) is 12.3. The van der Waals surface area contributed by atoms with Crippen molar-refractivity contribution in [3.63, 3.8) is 0 Å². The second-order valence-electron chi connectivity index (χ2n) is 9.06. The number of thioether (sulfide) groups is 1. The zero-order chi connectivity index (χ0) is 28.9. The molecular formula is C30H25ClN4O5S. The van der Waals surface area contributed by atoms with Crippen LogP contribution in [0, 0.1) is 0 Å². The van der Waals surface area contributed by atoms with Gasteiger partial charge in [-0.05, 0) is 79.4 Å². The second-order valence-corrected chi connectivity index (χ2v) is 10.5. The number of imide groups is 1. The summed E-state index contributed by atoms with van der Waals surface area (Å²) in [4.78, 5) is 52.2. The lowest BCUT2D eigenvalue weighted by molar-refractivity contribution is -0.127. The monoisotopic (exact) mass is 588 g/mol. The van der Waals surface area contributed by atoms with Crippen molar-refractivity contribution in [1.29, 1.82) is 0 Å². The molecule has 0 aliphatic carbocycles. The third kappa shape index (κ3) is 6.62. The van der Waals surface area contributed by atoms with Crippen LogP contribution >= 0.6 is 23.4 Å². The topological polar surface area (TPSA) is 110 Å². The van der Waals surface area contributed by atoms with Gasteiger partial charge in [0.15, 0.2) is 0 Å². The van der Waals surface area contributed by atoms with Gasteiger partial charge in [0.25, 0.3) is 11.1 Å². The number of hydrogen-bond donors (Lipinski definition) is 2. The van der Waals surface area contributed by atoms with Crippen LogP contribution in [0.15, 0.2) is 83.9 Å². The molecule has 1 aliphatic rings. The van der Waals surface area contributed by atoms with E-state index < -0.39 is 23.6 Å². The molecule has 5 rings (SSSR count). The molecule has 1 aliphatic heterocycles. The average Bonchev–Trinajstić information content (AvgIpc) is 3.42. The molecule has 0 saturated carbocycles. The number of carbonyl (C=O) groups is 4. The van der Waals surface area contributed by atoms with Crippen molar-refractivity contribution in [2.75, 3.05) is 23.8 Å². The van der Waals surface area contributed by atoms with Crippen LogP contribution in [0.1, 0.15) is 12.5 Å². The van der Waals surface area contributed by atoms with Crippen LogP contribution < -0.4 is 15.4 Å². The van der Waals surface area contributed by atoms with E-state index in [0.29, 0.717) is 34.3 Å². The Morgan fingerprint density at radius 1 is 0.902 bits per heavy atom. The first-order valence-corrected chi connectivity index (χ1v) is 13.9. The molecule has 2 N–H and O–H groups in total. The minimum Gasteiger partial charge on any atom is -0.494 e. The van der Waals surface area contributed by atoms with Crippen LogP contribution in [0.3, 0.4) is 0 Å². The van der Waals surface area contributed by atoms with E-state index in [-0.39, 0.29) is 17.4 Å². The Morgan fingerprint density at radius 2 is 1.54 bits per heavy atom. The van der Waals surface area contributed by atoms with Crippen molar-refractivity contribution in [2.45, 2.75) is 13.5 Å². The summed E-state index contributed by atoms with van der Waals surface area (Å²) >= 11 is 6.69. The fraction of sp³-hybridized carbons (Fsp3) is 0.133. The number of para-hydroxylation sites is 1. The van der Waals surface area contributed by atoms with E-state index in [1.807, 2.05) is 31.2 Å². The Balaban J connectivity index is 1.29. The van der Waals surface area contributed by atoms with Gasteiger partial charge in [0.2, 0.25) is 11.8 Å². The van der Waals surface area contributed by atoms with Crippen LogP contribution in [0.4, 0.5) is 16.2 Å². The Morgan fingerprint density at radius 3 is 2.22 bits per heavy atom. The van der Waals surface area contributed by atoms with Crippen molar-refractivity contribution in [3.8, 4) is 5.75 Å². The number of rotatable bonds is 9. The quantitative estimate of drug-likeness (QED) is 0.232. The summed E-state index contributed by atoms with van der Waals surface area (Å²) in [5.41, 5.74) is 2.60. The van der Waals surface area contributed by atoms with E-state index in [2.05, 4.69) is 10.6 Å². The van der Waals surface area contributed by atoms with Gasteiger partial charge >= 0.3 is 0 Å². The molecular weight excluding hydrogens is 564 g/mol. The van der Waals surface area contributed by atoms with Gasteiger partial charge < -0.3 is 19.9 Å². The van der Waals surface area contributed by atoms with Gasteiger partial charge in [-0.1, -0.05) is 29.8 Å². The lowest BCUT2D eigenvalue weighted by atomic mass is 10.1. The van der Waals surface area contributed by atoms with Gasteiger partial charge in [-0.3, -0.25) is 24.1 Å². The molecule has 0 radical (unpaired) electrons. The summed E-state index contributed by atoms with van der Waals surface area (Å²) in [5, 5.41) is 6.38. The summed E-state index contributed by atoms with van der Waals surface area (Å²) in [6.07, 6.45) is 3.38. The first-order valence-electron chi connectivity index (χ1n) is 12.7. The van der Waals surface area contributed by atoms with Gasteiger partial charge in [0.1, 0.15) is 18.8 Å². The number of amides is 4. The Kier molecular flexibility index (Phi) is 8.42. The molecule has 0 bridgehead atoms. The molecule has 4 amide bonds. The van der Waals surface area contributed by atoms with Crippen LogP contribution in [0.2, 0.25) is 5.02 Å². The van der Waals surface area contributed by atoms with Gasteiger partial charge in [-0.25, -0.2) is 0 Å². The van der Waals surface area contributed by atoms with Crippen molar-refractivity contribution in [3.05, 3.63) is 94.5 Å². The van der Waals surface area contributed by atoms with Crippen molar-refractivity contribution < 1.29 is 23.9 Å². The molecule has 9 nitrogen and oxygen atoms in total. The molecule has 208 valence electrons. The van der Waals surface area contributed by atoms with Gasteiger partial charge in [0.05, 0.1) is 11.5 Å². The highest BCUT2D eigenvalue weighted by atomic mass is 35.5. The predicted molar refractivity (Wildman–Crippen MR) is 161 cm³/mol. The Hall–Kier alpha value is -4.54. The fourth-order valence-corrected chi connectivity index (χ4v) is 5.29. The van der Waals surface area contributed by atoms with Crippen molar-refractivity contribution >= 4 is 74.7 Å². The van der Waals surface area contributed by atoms with E-state index in [9.17, 15) is 19.2 Å². The predicted octanol–water partition coefficient (Wildman–Crippen LogP) is 6.01. The average molecular weight is 589 g/mol. The fourth-order valence-electron chi connectivity index (χ4n) is 4.33. The van der Waals surface area contributed by atoms with E-state index in [1.165, 1.54) is 0 Å². The maximum atomic E-state index is 13.1. The molecule has 0 atom stereocenters. The molecule has 1 fully saturated rings. The molecule has 4 aromatic rings. The summed E-state index contributed by atoms with van der Waals surface area (Å²) in [6, 6.07) is 21.1.